The van der Waals surface area contributed by atoms with Crippen LogP contribution in [-0.2, 0) is 10.2 Å². The molecule has 0 bridgehead atoms. The number of hydrogen-bond acceptors (Lipinski definition) is 3. The van der Waals surface area contributed by atoms with Gasteiger partial charge in [-0.15, -0.1) is 0 Å². The maximum Gasteiger partial charge on any atom is 0.0673 e. The molecule has 0 aromatic heterocycles. The van der Waals surface area contributed by atoms with E-state index in [9.17, 15) is 0 Å². The molecule has 3 heteroatoms. The summed E-state index contributed by atoms with van der Waals surface area (Å²) in [6, 6.07) is 8.27. The molecule has 1 aromatic rings. The van der Waals surface area contributed by atoms with Gasteiger partial charge >= 0.3 is 0 Å². The van der Waals surface area contributed by atoms with E-state index in [-0.39, 0.29) is 5.41 Å². The molecule has 1 aromatic carbocycles. The Labute approximate surface area is 116 Å². The monoisotopic (exact) mass is 262 g/mol. The van der Waals surface area contributed by atoms with Crippen LogP contribution in [0.15, 0.2) is 24.3 Å². The molecule has 1 heterocycles. The normalized spacial score (nSPS) is 22.2. The van der Waals surface area contributed by atoms with Gasteiger partial charge in [0.1, 0.15) is 0 Å². The van der Waals surface area contributed by atoms with Crippen LogP contribution < -0.4 is 5.73 Å². The van der Waals surface area contributed by atoms with E-state index < -0.39 is 0 Å². The van der Waals surface area contributed by atoms with Gasteiger partial charge in [0, 0.05) is 37.3 Å². The zero-order chi connectivity index (χ0) is 13.9. The van der Waals surface area contributed by atoms with Gasteiger partial charge in [-0.1, -0.05) is 26.0 Å². The molecule has 3 nitrogen and oxygen atoms in total. The Morgan fingerprint density at radius 1 is 1.32 bits per heavy atom. The lowest BCUT2D eigenvalue weighted by molar-refractivity contribution is 0.0651. The topological polar surface area (TPSA) is 38.5 Å². The molecular formula is C16H26N2O. The van der Waals surface area contributed by atoms with Crippen LogP contribution in [0.3, 0.4) is 0 Å². The molecular weight excluding hydrogens is 236 g/mol. The number of rotatable bonds is 3. The average molecular weight is 262 g/mol. The van der Waals surface area contributed by atoms with Gasteiger partial charge in [-0.2, -0.15) is 0 Å². The second-order valence-electron chi connectivity index (χ2n) is 6.28. The molecule has 1 saturated heterocycles. The van der Waals surface area contributed by atoms with Crippen molar-refractivity contribution in [1.29, 1.82) is 0 Å². The quantitative estimate of drug-likeness (QED) is 0.851. The Balaban J connectivity index is 2.05. The highest BCUT2D eigenvalue weighted by atomic mass is 16.5. The van der Waals surface area contributed by atoms with Gasteiger partial charge < -0.3 is 10.5 Å². The van der Waals surface area contributed by atoms with Gasteiger partial charge in [0.05, 0.1) is 6.10 Å². The molecule has 0 saturated carbocycles. The molecule has 19 heavy (non-hydrogen) atoms. The van der Waals surface area contributed by atoms with Crippen molar-refractivity contribution in [1.82, 2.24) is 4.90 Å². The lowest BCUT2D eigenvalue weighted by Crippen LogP contribution is -2.40. The van der Waals surface area contributed by atoms with Crippen LogP contribution in [0, 0.1) is 0 Å². The van der Waals surface area contributed by atoms with Gasteiger partial charge in [-0.05, 0) is 31.0 Å². The fourth-order valence-corrected chi connectivity index (χ4v) is 2.81. The first kappa shape index (κ1) is 14.4. The third-order valence-corrected chi connectivity index (χ3v) is 3.85. The molecule has 0 amide bonds. The van der Waals surface area contributed by atoms with Crippen molar-refractivity contribution in [3.05, 3.63) is 29.8 Å². The first-order valence-electron chi connectivity index (χ1n) is 7.17. The summed E-state index contributed by atoms with van der Waals surface area (Å²) in [4.78, 5) is 2.52. The third-order valence-electron chi connectivity index (χ3n) is 3.85. The summed E-state index contributed by atoms with van der Waals surface area (Å²) in [5, 5.41) is 0. The molecule has 2 rings (SSSR count). The van der Waals surface area contributed by atoms with Gasteiger partial charge in [0.25, 0.3) is 0 Å². The predicted octanol–water partition coefficient (Wildman–Crippen LogP) is 2.66. The molecule has 106 valence electrons. The van der Waals surface area contributed by atoms with Gasteiger partial charge in [0.2, 0.25) is 0 Å². The van der Waals surface area contributed by atoms with E-state index in [0.29, 0.717) is 6.10 Å². The molecule has 0 radical (unpaired) electrons. The summed E-state index contributed by atoms with van der Waals surface area (Å²) in [7, 11) is 0. The summed E-state index contributed by atoms with van der Waals surface area (Å²) in [6.45, 7) is 10.9. The first-order valence-corrected chi connectivity index (χ1v) is 7.17. The van der Waals surface area contributed by atoms with Crippen LogP contribution in [0.1, 0.15) is 32.8 Å². The van der Waals surface area contributed by atoms with Gasteiger partial charge in [-0.25, -0.2) is 0 Å². The zero-order valence-electron chi connectivity index (χ0n) is 12.4. The van der Waals surface area contributed by atoms with Gasteiger partial charge in [-0.3, -0.25) is 4.90 Å². The number of anilines is 1. The van der Waals surface area contributed by atoms with E-state index >= 15 is 0 Å². The van der Waals surface area contributed by atoms with Crippen LogP contribution in [0.5, 0.6) is 0 Å². The zero-order valence-corrected chi connectivity index (χ0v) is 12.4. The second-order valence-corrected chi connectivity index (χ2v) is 6.28. The largest absolute Gasteiger partial charge is 0.399 e. The van der Waals surface area contributed by atoms with Crippen LogP contribution >= 0.6 is 0 Å². The Morgan fingerprint density at radius 3 is 2.68 bits per heavy atom. The summed E-state index contributed by atoms with van der Waals surface area (Å²) >= 11 is 0. The average Bonchev–Trinajstić information content (AvgIpc) is 2.53. The minimum Gasteiger partial charge on any atom is -0.399 e. The van der Waals surface area contributed by atoms with Crippen molar-refractivity contribution in [2.45, 2.75) is 38.7 Å². The Bertz CT molecular complexity index is 400. The maximum absolute atomic E-state index is 5.77. The van der Waals surface area contributed by atoms with E-state index in [4.69, 9.17) is 10.5 Å². The minimum atomic E-state index is 0.137. The standard InChI is InChI=1S/C16H26N2O/c1-13-11-18(9-4-10-19-13)12-16(2,3)14-5-7-15(17)8-6-14/h5-8,13H,4,9-12,17H2,1-3H3. The van der Waals surface area contributed by atoms with E-state index in [0.717, 1.165) is 38.3 Å². The number of hydrogen-bond donors (Lipinski definition) is 1. The number of benzene rings is 1. The number of nitrogen functional groups attached to an aromatic ring is 1. The molecule has 2 N–H and O–H groups in total. The van der Waals surface area contributed by atoms with Crippen molar-refractivity contribution in [2.24, 2.45) is 0 Å². The summed E-state index contributed by atoms with van der Waals surface area (Å²) in [5.41, 5.74) is 8.08. The second kappa shape index (κ2) is 5.93. The highest BCUT2D eigenvalue weighted by Gasteiger charge is 2.25. The summed E-state index contributed by atoms with van der Waals surface area (Å²) < 4.78 is 5.71. The van der Waals surface area contributed by atoms with E-state index in [1.54, 1.807) is 0 Å². The molecule has 1 unspecified atom stereocenters. The predicted molar refractivity (Wildman–Crippen MR) is 80.4 cm³/mol. The van der Waals surface area contributed by atoms with E-state index in [1.165, 1.54) is 5.56 Å². The summed E-state index contributed by atoms with van der Waals surface area (Å²) in [6.07, 6.45) is 1.46. The van der Waals surface area contributed by atoms with E-state index in [2.05, 4.69) is 37.8 Å². The molecule has 0 aliphatic carbocycles. The molecule has 1 aliphatic heterocycles. The number of ether oxygens (including phenoxy) is 1. The molecule has 1 aliphatic rings. The van der Waals surface area contributed by atoms with Gasteiger partial charge in [0.15, 0.2) is 0 Å². The SMILES string of the molecule is CC1CN(CC(C)(C)c2ccc(N)cc2)CCCO1. The Kier molecular flexibility index (Phi) is 4.48. The summed E-state index contributed by atoms with van der Waals surface area (Å²) in [5.74, 6) is 0. The number of nitrogens with zero attached hydrogens (tertiary/aromatic N) is 1. The van der Waals surface area contributed by atoms with Crippen molar-refractivity contribution in [3.8, 4) is 0 Å². The lowest BCUT2D eigenvalue weighted by atomic mass is 9.84. The Morgan fingerprint density at radius 2 is 2.00 bits per heavy atom. The fourth-order valence-electron chi connectivity index (χ4n) is 2.81. The third kappa shape index (κ3) is 3.95. The molecule has 1 fully saturated rings. The molecule has 0 spiro atoms. The first-order chi connectivity index (χ1) is 8.97. The van der Waals surface area contributed by atoms with Crippen molar-refractivity contribution >= 4 is 5.69 Å². The van der Waals surface area contributed by atoms with Crippen molar-refractivity contribution < 1.29 is 4.74 Å². The highest BCUT2D eigenvalue weighted by Crippen LogP contribution is 2.26. The fraction of sp³-hybridized carbons (Fsp3) is 0.625. The van der Waals surface area contributed by atoms with E-state index in [1.807, 2.05) is 12.1 Å². The Hall–Kier alpha value is -1.06. The number of nitrogens with two attached hydrogens (primary N) is 1. The van der Waals surface area contributed by atoms with Crippen molar-refractivity contribution in [3.63, 3.8) is 0 Å². The smallest absolute Gasteiger partial charge is 0.0673 e. The maximum atomic E-state index is 5.77. The van der Waals surface area contributed by atoms with Crippen LogP contribution in [0.2, 0.25) is 0 Å². The minimum absolute atomic E-state index is 0.137. The lowest BCUT2D eigenvalue weighted by Gasteiger charge is -2.33. The highest BCUT2D eigenvalue weighted by molar-refractivity contribution is 5.41. The van der Waals surface area contributed by atoms with Crippen LogP contribution in [0.25, 0.3) is 0 Å². The molecule has 1 atom stereocenters. The van der Waals surface area contributed by atoms with Crippen molar-refractivity contribution in [2.75, 3.05) is 32.0 Å². The van der Waals surface area contributed by atoms with Crippen LogP contribution in [-0.4, -0.2) is 37.2 Å². The van der Waals surface area contributed by atoms with Crippen LogP contribution in [0.4, 0.5) is 5.69 Å².